The SMILES string of the molecule is CCCCCCCCCCCCCCCCc1n(C(C)C)cc[n+]1CCCCCCCCCC. The van der Waals surface area contributed by atoms with Gasteiger partial charge in [-0.05, 0) is 33.1 Å². The van der Waals surface area contributed by atoms with Crippen LogP contribution >= 0.6 is 0 Å². The average Bonchev–Trinajstić information content (AvgIpc) is 3.24. The Bertz CT molecular complexity index is 545. The van der Waals surface area contributed by atoms with E-state index < -0.39 is 0 Å². The third kappa shape index (κ3) is 16.0. The Kier molecular flexibility index (Phi) is 20.8. The molecule has 34 heavy (non-hydrogen) atoms. The molecule has 0 aliphatic heterocycles. The van der Waals surface area contributed by atoms with Gasteiger partial charge in [-0.3, -0.25) is 0 Å². The van der Waals surface area contributed by atoms with Crippen molar-refractivity contribution in [1.82, 2.24) is 4.57 Å². The molecule has 0 N–H and O–H groups in total. The fraction of sp³-hybridized carbons (Fsp3) is 0.906. The number of nitrogens with zero attached hydrogens (tertiary/aromatic N) is 2. The molecule has 0 spiro atoms. The summed E-state index contributed by atoms with van der Waals surface area (Å²) in [5.41, 5.74) is 0. The minimum Gasteiger partial charge on any atom is -0.234 e. The Morgan fingerprint density at radius 1 is 0.559 bits per heavy atom. The number of hydrogen-bond acceptors (Lipinski definition) is 0. The molecule has 2 heteroatoms. The Morgan fingerprint density at radius 3 is 1.35 bits per heavy atom. The molecule has 1 aromatic heterocycles. The summed E-state index contributed by atoms with van der Waals surface area (Å²) in [4.78, 5) is 0. The molecule has 0 atom stereocenters. The van der Waals surface area contributed by atoms with Crippen LogP contribution in [0.1, 0.15) is 181 Å². The predicted octanol–water partition coefficient (Wildman–Crippen LogP) is 10.5. The van der Waals surface area contributed by atoms with Crippen LogP contribution in [-0.4, -0.2) is 4.57 Å². The van der Waals surface area contributed by atoms with E-state index in [1.165, 1.54) is 154 Å². The third-order valence-electron chi connectivity index (χ3n) is 7.60. The summed E-state index contributed by atoms with van der Waals surface area (Å²) < 4.78 is 5.09. The van der Waals surface area contributed by atoms with Crippen molar-refractivity contribution in [3.8, 4) is 0 Å². The van der Waals surface area contributed by atoms with Gasteiger partial charge in [0.2, 0.25) is 0 Å². The van der Waals surface area contributed by atoms with E-state index in [1.54, 1.807) is 5.82 Å². The van der Waals surface area contributed by atoms with Gasteiger partial charge in [-0.2, -0.15) is 0 Å². The molecule has 0 unspecified atom stereocenters. The van der Waals surface area contributed by atoms with E-state index in [0.717, 1.165) is 0 Å². The molecule has 0 fully saturated rings. The molecule has 0 aliphatic carbocycles. The minimum atomic E-state index is 0.571. The maximum atomic E-state index is 2.57. The van der Waals surface area contributed by atoms with E-state index >= 15 is 0 Å². The number of unbranched alkanes of at least 4 members (excludes halogenated alkanes) is 20. The quantitative estimate of drug-likeness (QED) is 0.0981. The van der Waals surface area contributed by atoms with Gasteiger partial charge in [0.1, 0.15) is 12.4 Å². The monoisotopic (exact) mass is 475 g/mol. The highest BCUT2D eigenvalue weighted by Crippen LogP contribution is 2.15. The summed E-state index contributed by atoms with van der Waals surface area (Å²) in [6.45, 7) is 10.5. The maximum Gasteiger partial charge on any atom is 0.256 e. The first-order chi connectivity index (χ1) is 16.7. The smallest absolute Gasteiger partial charge is 0.234 e. The van der Waals surface area contributed by atoms with Gasteiger partial charge in [0.15, 0.2) is 0 Å². The van der Waals surface area contributed by atoms with Gasteiger partial charge in [-0.1, -0.05) is 136 Å². The zero-order valence-corrected chi connectivity index (χ0v) is 24.1. The van der Waals surface area contributed by atoms with Crippen LogP contribution < -0.4 is 4.57 Å². The molecule has 0 saturated carbocycles. The van der Waals surface area contributed by atoms with E-state index in [-0.39, 0.29) is 0 Å². The molecular formula is C32H63N2+. The van der Waals surface area contributed by atoms with Crippen LogP contribution in [0.3, 0.4) is 0 Å². The van der Waals surface area contributed by atoms with Crippen LogP contribution in [0.25, 0.3) is 0 Å². The molecule has 0 amide bonds. The largest absolute Gasteiger partial charge is 0.256 e. The predicted molar refractivity (Wildman–Crippen MR) is 152 cm³/mol. The second kappa shape index (κ2) is 22.7. The van der Waals surface area contributed by atoms with E-state index in [0.29, 0.717) is 6.04 Å². The Balaban J connectivity index is 2.11. The number of hydrogen-bond donors (Lipinski definition) is 0. The molecule has 0 saturated heterocycles. The highest BCUT2D eigenvalue weighted by Gasteiger charge is 2.18. The van der Waals surface area contributed by atoms with Crippen LogP contribution in [-0.2, 0) is 13.0 Å². The Hall–Kier alpha value is -0.790. The van der Waals surface area contributed by atoms with Crippen molar-refractivity contribution in [3.05, 3.63) is 18.2 Å². The van der Waals surface area contributed by atoms with Crippen molar-refractivity contribution in [1.29, 1.82) is 0 Å². The first kappa shape index (κ1) is 31.2. The lowest BCUT2D eigenvalue weighted by atomic mass is 10.0. The fourth-order valence-electron chi connectivity index (χ4n) is 5.31. The van der Waals surface area contributed by atoms with Crippen LogP contribution in [0, 0.1) is 0 Å². The molecule has 0 aliphatic rings. The number of aromatic nitrogens is 2. The lowest BCUT2D eigenvalue weighted by molar-refractivity contribution is -0.704. The lowest BCUT2D eigenvalue weighted by Crippen LogP contribution is -2.37. The van der Waals surface area contributed by atoms with Crippen molar-refractivity contribution in [2.75, 3.05) is 0 Å². The molecule has 0 radical (unpaired) electrons. The normalized spacial score (nSPS) is 11.7. The lowest BCUT2D eigenvalue weighted by Gasteiger charge is -2.08. The van der Waals surface area contributed by atoms with Crippen molar-refractivity contribution >= 4 is 0 Å². The average molecular weight is 476 g/mol. The van der Waals surface area contributed by atoms with Crippen molar-refractivity contribution < 1.29 is 4.57 Å². The molecule has 2 nitrogen and oxygen atoms in total. The van der Waals surface area contributed by atoms with Crippen LogP contribution in [0.2, 0.25) is 0 Å². The summed E-state index contributed by atoms with van der Waals surface area (Å²) in [5, 5.41) is 0. The number of imidazole rings is 1. The van der Waals surface area contributed by atoms with Crippen LogP contribution in [0.5, 0.6) is 0 Å². The second-order valence-electron chi connectivity index (χ2n) is 11.2. The zero-order chi connectivity index (χ0) is 24.7. The van der Waals surface area contributed by atoms with E-state index in [1.807, 2.05) is 0 Å². The van der Waals surface area contributed by atoms with Gasteiger partial charge in [0, 0.05) is 6.42 Å². The van der Waals surface area contributed by atoms with Gasteiger partial charge in [0.05, 0.1) is 12.6 Å². The summed E-state index contributed by atoms with van der Waals surface area (Å²) in [6.07, 6.45) is 37.3. The number of aryl methyl sites for hydroxylation is 1. The van der Waals surface area contributed by atoms with E-state index in [2.05, 4.69) is 49.2 Å². The molecule has 1 rings (SSSR count). The number of rotatable bonds is 25. The molecule has 1 aromatic rings. The van der Waals surface area contributed by atoms with Gasteiger partial charge < -0.3 is 0 Å². The highest BCUT2D eigenvalue weighted by molar-refractivity contribution is 4.86. The zero-order valence-electron chi connectivity index (χ0n) is 24.1. The van der Waals surface area contributed by atoms with Crippen molar-refractivity contribution in [2.24, 2.45) is 0 Å². The van der Waals surface area contributed by atoms with E-state index in [4.69, 9.17) is 0 Å². The van der Waals surface area contributed by atoms with Crippen molar-refractivity contribution in [3.63, 3.8) is 0 Å². The van der Waals surface area contributed by atoms with Gasteiger partial charge in [-0.15, -0.1) is 0 Å². The Morgan fingerprint density at radius 2 is 0.941 bits per heavy atom. The van der Waals surface area contributed by atoms with Crippen LogP contribution in [0.15, 0.2) is 12.4 Å². The summed E-state index contributed by atoms with van der Waals surface area (Å²) in [5.74, 6) is 1.57. The second-order valence-corrected chi connectivity index (χ2v) is 11.2. The van der Waals surface area contributed by atoms with Crippen LogP contribution in [0.4, 0.5) is 0 Å². The maximum absolute atomic E-state index is 2.57. The van der Waals surface area contributed by atoms with E-state index in [9.17, 15) is 0 Å². The summed E-state index contributed by atoms with van der Waals surface area (Å²) in [7, 11) is 0. The van der Waals surface area contributed by atoms with Crippen molar-refractivity contribution in [2.45, 2.75) is 188 Å². The first-order valence-electron chi connectivity index (χ1n) is 15.8. The van der Waals surface area contributed by atoms with Gasteiger partial charge in [0.25, 0.3) is 5.82 Å². The first-order valence-corrected chi connectivity index (χ1v) is 15.8. The van der Waals surface area contributed by atoms with Gasteiger partial charge >= 0.3 is 0 Å². The molecule has 200 valence electrons. The molecule has 0 bridgehead atoms. The molecular weight excluding hydrogens is 412 g/mol. The summed E-state index contributed by atoms with van der Waals surface area (Å²) in [6, 6.07) is 0.571. The molecule has 1 heterocycles. The fourth-order valence-corrected chi connectivity index (χ4v) is 5.31. The topological polar surface area (TPSA) is 8.81 Å². The Labute approximate surface area is 215 Å². The minimum absolute atomic E-state index is 0.571. The van der Waals surface area contributed by atoms with Gasteiger partial charge in [-0.25, -0.2) is 9.13 Å². The highest BCUT2D eigenvalue weighted by atomic mass is 15.2. The third-order valence-corrected chi connectivity index (χ3v) is 7.60. The molecule has 0 aromatic carbocycles. The summed E-state index contributed by atoms with van der Waals surface area (Å²) >= 11 is 0. The standard InChI is InChI=1S/C32H63N2/c1-5-7-9-11-13-15-16-17-18-19-20-21-23-25-27-32-33(29-30-34(32)31(3)4)28-26-24-22-14-12-10-8-6-2/h29-31H,5-28H2,1-4H3/q+1.